The number of sulfone groups is 1. The minimum absolute atomic E-state index is 0.103. The lowest BCUT2D eigenvalue weighted by molar-refractivity contribution is 0.553. The highest BCUT2D eigenvalue weighted by atomic mass is 32.2. The van der Waals surface area contributed by atoms with Crippen LogP contribution in [0, 0.1) is 6.92 Å². The first-order valence-electron chi connectivity index (χ1n) is 5.40. The van der Waals surface area contributed by atoms with E-state index in [1.165, 1.54) is 0 Å². The number of rotatable bonds is 3. The van der Waals surface area contributed by atoms with Crippen LogP contribution in [0.15, 0.2) is 18.3 Å². The minimum Gasteiger partial charge on any atom is -0.309 e. The molecule has 1 aliphatic heterocycles. The number of hydrogen-bond donors (Lipinski definition) is 1. The van der Waals surface area contributed by atoms with Gasteiger partial charge in [-0.1, -0.05) is 6.07 Å². The summed E-state index contributed by atoms with van der Waals surface area (Å²) in [7, 11) is -2.78. The molecule has 88 valence electrons. The van der Waals surface area contributed by atoms with E-state index in [1.807, 2.05) is 25.3 Å². The molecule has 0 amide bonds. The fraction of sp³-hybridized carbons (Fsp3) is 0.545. The van der Waals surface area contributed by atoms with E-state index in [2.05, 4.69) is 10.3 Å². The summed E-state index contributed by atoms with van der Waals surface area (Å²) >= 11 is 0. The predicted molar refractivity (Wildman–Crippen MR) is 62.9 cm³/mol. The molecular formula is C11H16N2O2S. The van der Waals surface area contributed by atoms with Gasteiger partial charge in [-0.3, -0.25) is 4.98 Å². The number of pyridine rings is 1. The fourth-order valence-corrected chi connectivity index (χ4v) is 3.53. The third-order valence-corrected chi connectivity index (χ3v) is 4.57. The largest absolute Gasteiger partial charge is 0.309 e. The Morgan fingerprint density at radius 1 is 1.50 bits per heavy atom. The van der Waals surface area contributed by atoms with E-state index in [1.54, 1.807) is 0 Å². The number of nitrogens with one attached hydrogen (secondary N) is 1. The zero-order valence-corrected chi connectivity index (χ0v) is 10.1. The first-order valence-corrected chi connectivity index (χ1v) is 7.23. The molecule has 2 heterocycles. The second kappa shape index (κ2) is 4.51. The van der Waals surface area contributed by atoms with Crippen LogP contribution >= 0.6 is 0 Å². The van der Waals surface area contributed by atoms with Crippen molar-refractivity contribution in [1.29, 1.82) is 0 Å². The molecule has 1 fully saturated rings. The summed E-state index contributed by atoms with van der Waals surface area (Å²) in [5.74, 6) is 0.586. The van der Waals surface area contributed by atoms with Crippen LogP contribution in [0.4, 0.5) is 0 Å². The van der Waals surface area contributed by atoms with Gasteiger partial charge in [0, 0.05) is 24.5 Å². The van der Waals surface area contributed by atoms with Crippen LogP contribution in [0.3, 0.4) is 0 Å². The van der Waals surface area contributed by atoms with E-state index in [-0.39, 0.29) is 11.8 Å². The van der Waals surface area contributed by atoms with Gasteiger partial charge in [0.05, 0.1) is 11.5 Å². The molecular weight excluding hydrogens is 224 g/mol. The van der Waals surface area contributed by atoms with Gasteiger partial charge >= 0.3 is 0 Å². The third-order valence-electron chi connectivity index (χ3n) is 2.80. The number of nitrogens with zero attached hydrogens (tertiary/aromatic N) is 1. The molecule has 5 heteroatoms. The summed E-state index contributed by atoms with van der Waals surface area (Å²) < 4.78 is 22.5. The smallest absolute Gasteiger partial charge is 0.151 e. The third kappa shape index (κ3) is 3.02. The Bertz CT molecular complexity index is 453. The van der Waals surface area contributed by atoms with Crippen LogP contribution in [0.2, 0.25) is 0 Å². The SMILES string of the molecule is Cc1ccc(CNC2CCS(=O)(=O)C2)cn1. The van der Waals surface area contributed by atoms with Crippen molar-refractivity contribution in [2.45, 2.75) is 25.9 Å². The van der Waals surface area contributed by atoms with Crippen molar-refractivity contribution >= 4 is 9.84 Å². The molecule has 1 aromatic heterocycles. The van der Waals surface area contributed by atoms with Crippen molar-refractivity contribution in [1.82, 2.24) is 10.3 Å². The van der Waals surface area contributed by atoms with Gasteiger partial charge in [-0.15, -0.1) is 0 Å². The lowest BCUT2D eigenvalue weighted by atomic mass is 10.2. The maximum absolute atomic E-state index is 11.2. The summed E-state index contributed by atoms with van der Waals surface area (Å²) in [5, 5.41) is 3.25. The Hall–Kier alpha value is -0.940. The highest BCUT2D eigenvalue weighted by molar-refractivity contribution is 7.91. The van der Waals surface area contributed by atoms with Crippen molar-refractivity contribution in [3.8, 4) is 0 Å². The van der Waals surface area contributed by atoms with Gasteiger partial charge in [0.15, 0.2) is 9.84 Å². The van der Waals surface area contributed by atoms with E-state index in [9.17, 15) is 8.42 Å². The zero-order valence-electron chi connectivity index (χ0n) is 9.31. The number of aromatic nitrogens is 1. The Morgan fingerprint density at radius 3 is 2.88 bits per heavy atom. The highest BCUT2D eigenvalue weighted by Gasteiger charge is 2.27. The molecule has 0 spiro atoms. The van der Waals surface area contributed by atoms with Gasteiger partial charge in [0.2, 0.25) is 0 Å². The van der Waals surface area contributed by atoms with Gasteiger partial charge in [0.1, 0.15) is 0 Å². The summed E-state index contributed by atoms with van der Waals surface area (Å²) in [6, 6.07) is 4.08. The van der Waals surface area contributed by atoms with Gasteiger partial charge < -0.3 is 5.32 Å². The van der Waals surface area contributed by atoms with E-state index in [0.717, 1.165) is 17.7 Å². The minimum atomic E-state index is -2.78. The molecule has 1 atom stereocenters. The molecule has 1 unspecified atom stereocenters. The lowest BCUT2D eigenvalue weighted by Crippen LogP contribution is -2.29. The van der Waals surface area contributed by atoms with Crippen LogP contribution in [-0.2, 0) is 16.4 Å². The first-order chi connectivity index (χ1) is 7.55. The van der Waals surface area contributed by atoms with E-state index >= 15 is 0 Å². The van der Waals surface area contributed by atoms with Gasteiger partial charge in [0.25, 0.3) is 0 Å². The maximum Gasteiger partial charge on any atom is 0.151 e. The molecule has 0 aliphatic carbocycles. The molecule has 1 N–H and O–H groups in total. The van der Waals surface area contributed by atoms with E-state index < -0.39 is 9.84 Å². The van der Waals surface area contributed by atoms with Crippen molar-refractivity contribution in [3.63, 3.8) is 0 Å². The quantitative estimate of drug-likeness (QED) is 0.843. The summed E-state index contributed by atoms with van der Waals surface area (Å²) in [6.07, 6.45) is 2.55. The molecule has 0 aromatic carbocycles. The molecule has 0 radical (unpaired) electrons. The van der Waals surface area contributed by atoms with Crippen LogP contribution in [0.25, 0.3) is 0 Å². The van der Waals surface area contributed by atoms with E-state index in [0.29, 0.717) is 12.3 Å². The van der Waals surface area contributed by atoms with Crippen LogP contribution < -0.4 is 5.32 Å². The Labute approximate surface area is 96.0 Å². The summed E-state index contributed by atoms with van der Waals surface area (Å²) in [6.45, 7) is 2.63. The molecule has 0 bridgehead atoms. The zero-order chi connectivity index (χ0) is 11.6. The molecule has 1 aliphatic rings. The van der Waals surface area contributed by atoms with Crippen LogP contribution in [0.1, 0.15) is 17.7 Å². The Kier molecular flexibility index (Phi) is 3.25. The topological polar surface area (TPSA) is 59.1 Å². The van der Waals surface area contributed by atoms with Gasteiger partial charge in [-0.2, -0.15) is 0 Å². The van der Waals surface area contributed by atoms with Crippen molar-refractivity contribution in [2.24, 2.45) is 0 Å². The van der Waals surface area contributed by atoms with E-state index in [4.69, 9.17) is 0 Å². The molecule has 0 saturated carbocycles. The molecule has 1 aromatic rings. The maximum atomic E-state index is 11.2. The monoisotopic (exact) mass is 240 g/mol. The van der Waals surface area contributed by atoms with Crippen LogP contribution in [-0.4, -0.2) is 30.9 Å². The fourth-order valence-electron chi connectivity index (χ4n) is 1.82. The second-order valence-electron chi connectivity index (χ2n) is 4.29. The predicted octanol–water partition coefficient (Wildman–Crippen LogP) is 0.667. The van der Waals surface area contributed by atoms with Crippen molar-refractivity contribution < 1.29 is 8.42 Å². The summed E-state index contributed by atoms with van der Waals surface area (Å²) in [4.78, 5) is 4.19. The molecule has 2 rings (SSSR count). The Morgan fingerprint density at radius 2 is 2.31 bits per heavy atom. The molecule has 1 saturated heterocycles. The number of aryl methyl sites for hydroxylation is 1. The van der Waals surface area contributed by atoms with Crippen LogP contribution in [0.5, 0.6) is 0 Å². The standard InChI is InChI=1S/C11H16N2O2S/c1-9-2-3-10(6-12-9)7-13-11-4-5-16(14,15)8-11/h2-3,6,11,13H,4-5,7-8H2,1H3. The average molecular weight is 240 g/mol. The first kappa shape index (κ1) is 11.5. The normalized spacial score (nSPS) is 23.4. The molecule has 4 nitrogen and oxygen atoms in total. The molecule has 16 heavy (non-hydrogen) atoms. The Balaban J connectivity index is 1.87. The summed E-state index contributed by atoms with van der Waals surface area (Å²) in [5.41, 5.74) is 2.09. The van der Waals surface area contributed by atoms with Gasteiger partial charge in [-0.05, 0) is 25.0 Å². The highest BCUT2D eigenvalue weighted by Crippen LogP contribution is 2.11. The van der Waals surface area contributed by atoms with Crippen molar-refractivity contribution in [3.05, 3.63) is 29.6 Å². The average Bonchev–Trinajstić information content (AvgIpc) is 2.58. The number of hydrogen-bond acceptors (Lipinski definition) is 4. The lowest BCUT2D eigenvalue weighted by Gasteiger charge is -2.10. The van der Waals surface area contributed by atoms with Gasteiger partial charge in [-0.25, -0.2) is 8.42 Å². The second-order valence-corrected chi connectivity index (χ2v) is 6.52. The van der Waals surface area contributed by atoms with Crippen molar-refractivity contribution in [2.75, 3.05) is 11.5 Å².